The molecule has 0 aliphatic carbocycles. The van der Waals surface area contributed by atoms with Crippen LogP contribution in [-0.2, 0) is 6.18 Å². The predicted molar refractivity (Wildman–Crippen MR) is 77.0 cm³/mol. The minimum atomic E-state index is -4.59. The number of halogens is 3. The van der Waals surface area contributed by atoms with Gasteiger partial charge in [0.1, 0.15) is 5.69 Å². The molecule has 1 atom stereocenters. The van der Waals surface area contributed by atoms with Crippen LogP contribution >= 0.6 is 0 Å². The highest BCUT2D eigenvalue weighted by molar-refractivity contribution is 5.95. The number of allylic oxidation sites excluding steroid dienone is 2. The smallest absolute Gasteiger partial charge is 0.311 e. The van der Waals surface area contributed by atoms with Gasteiger partial charge in [0.05, 0.1) is 5.56 Å². The van der Waals surface area contributed by atoms with Crippen LogP contribution in [0.5, 0.6) is 0 Å². The van der Waals surface area contributed by atoms with Crippen molar-refractivity contribution >= 4 is 5.91 Å². The number of carbonyl (C=O) groups excluding carboxylic acids is 1. The Bertz CT molecular complexity index is 581. The Hall–Kier alpha value is -1.85. The van der Waals surface area contributed by atoms with Gasteiger partial charge in [0.25, 0.3) is 5.91 Å². The first-order valence-electron chi connectivity index (χ1n) is 7.40. The second-order valence-corrected chi connectivity index (χ2v) is 5.43. The molecule has 1 aromatic heterocycles. The van der Waals surface area contributed by atoms with Crippen LogP contribution < -0.4 is 0 Å². The number of pyridine rings is 1. The molecule has 0 bridgehead atoms. The molecule has 0 spiro atoms. The third-order valence-electron chi connectivity index (χ3n) is 3.81. The third kappa shape index (κ3) is 3.31. The van der Waals surface area contributed by atoms with Gasteiger partial charge in [-0.3, -0.25) is 9.78 Å². The number of rotatable bonds is 2. The van der Waals surface area contributed by atoms with E-state index < -0.39 is 23.3 Å². The second kappa shape index (κ2) is 6.50. The molecule has 1 aromatic rings. The van der Waals surface area contributed by atoms with Crippen LogP contribution in [0.15, 0.2) is 30.1 Å². The van der Waals surface area contributed by atoms with Crippen molar-refractivity contribution in [2.24, 2.45) is 5.92 Å². The number of likely N-dealkylation sites (tertiary alicyclic amines) is 1. The summed E-state index contributed by atoms with van der Waals surface area (Å²) in [4.78, 5) is 17.8. The average molecular weight is 312 g/mol. The van der Waals surface area contributed by atoms with E-state index in [0.717, 1.165) is 31.0 Å². The Morgan fingerprint density at radius 1 is 1.50 bits per heavy atom. The first-order valence-corrected chi connectivity index (χ1v) is 7.40. The topological polar surface area (TPSA) is 33.2 Å². The molecular formula is C16H19F3N2O. The Morgan fingerprint density at radius 3 is 2.86 bits per heavy atom. The summed E-state index contributed by atoms with van der Waals surface area (Å²) in [6.45, 7) is 4.37. The van der Waals surface area contributed by atoms with Crippen LogP contribution in [0.1, 0.15) is 49.2 Å². The lowest BCUT2D eigenvalue weighted by molar-refractivity contribution is -0.138. The van der Waals surface area contributed by atoms with Crippen molar-refractivity contribution in [3.8, 4) is 0 Å². The molecule has 0 aromatic carbocycles. The monoisotopic (exact) mass is 312 g/mol. The number of hydrogen-bond acceptors (Lipinski definition) is 2. The van der Waals surface area contributed by atoms with Crippen molar-refractivity contribution in [1.29, 1.82) is 0 Å². The van der Waals surface area contributed by atoms with E-state index in [1.165, 1.54) is 17.2 Å². The zero-order valence-corrected chi connectivity index (χ0v) is 12.7. The van der Waals surface area contributed by atoms with E-state index in [0.29, 0.717) is 6.54 Å². The fourth-order valence-corrected chi connectivity index (χ4v) is 2.77. The van der Waals surface area contributed by atoms with Gasteiger partial charge in [-0.2, -0.15) is 13.2 Å². The highest BCUT2D eigenvalue weighted by Crippen LogP contribution is 2.34. The molecule has 3 nitrogen and oxygen atoms in total. The molecule has 1 amide bonds. The lowest BCUT2D eigenvalue weighted by atomic mass is 9.94. The van der Waals surface area contributed by atoms with Gasteiger partial charge in [-0.05, 0) is 37.3 Å². The van der Waals surface area contributed by atoms with E-state index in [2.05, 4.69) is 4.98 Å². The van der Waals surface area contributed by atoms with Crippen molar-refractivity contribution in [2.75, 3.05) is 6.54 Å². The number of nitrogens with zero attached hydrogens (tertiary/aromatic N) is 2. The fourth-order valence-electron chi connectivity index (χ4n) is 2.77. The maximum atomic E-state index is 13.1. The number of piperidine rings is 1. The zero-order valence-electron chi connectivity index (χ0n) is 12.7. The van der Waals surface area contributed by atoms with Crippen molar-refractivity contribution in [3.05, 3.63) is 41.4 Å². The third-order valence-corrected chi connectivity index (χ3v) is 3.81. The summed E-state index contributed by atoms with van der Waals surface area (Å²) < 4.78 is 39.2. The molecule has 1 aliphatic heterocycles. The summed E-state index contributed by atoms with van der Waals surface area (Å²) in [6.07, 6.45) is 0.996. The van der Waals surface area contributed by atoms with E-state index >= 15 is 0 Å². The van der Waals surface area contributed by atoms with Crippen LogP contribution in [0, 0.1) is 5.92 Å². The molecule has 1 fully saturated rings. The average Bonchev–Trinajstić information content (AvgIpc) is 2.48. The lowest BCUT2D eigenvalue weighted by Crippen LogP contribution is -2.38. The summed E-state index contributed by atoms with van der Waals surface area (Å²) in [5.74, 6) is -0.505. The van der Waals surface area contributed by atoms with Crippen molar-refractivity contribution in [1.82, 2.24) is 9.88 Å². The summed E-state index contributed by atoms with van der Waals surface area (Å²) in [5.41, 5.74) is -0.697. The number of carbonyl (C=O) groups is 1. The van der Waals surface area contributed by atoms with Gasteiger partial charge in [-0.15, -0.1) is 0 Å². The van der Waals surface area contributed by atoms with E-state index in [-0.39, 0.29) is 5.92 Å². The van der Waals surface area contributed by atoms with Crippen LogP contribution in [0.2, 0.25) is 0 Å². The maximum absolute atomic E-state index is 13.1. The normalized spacial score (nSPS) is 21.2. The first kappa shape index (κ1) is 16.5. The molecule has 120 valence electrons. The Morgan fingerprint density at radius 2 is 2.23 bits per heavy atom. The van der Waals surface area contributed by atoms with Gasteiger partial charge in [-0.1, -0.05) is 19.9 Å². The Balaban J connectivity index is 2.41. The van der Waals surface area contributed by atoms with E-state index in [1.54, 1.807) is 0 Å². The van der Waals surface area contributed by atoms with Crippen LogP contribution in [0.4, 0.5) is 13.2 Å². The molecule has 1 unspecified atom stereocenters. The number of amides is 1. The first-order chi connectivity index (χ1) is 10.4. The number of aromatic nitrogens is 1. The van der Waals surface area contributed by atoms with Crippen LogP contribution in [0.3, 0.4) is 0 Å². The van der Waals surface area contributed by atoms with Gasteiger partial charge >= 0.3 is 6.18 Å². The highest BCUT2D eigenvalue weighted by Gasteiger charge is 2.38. The number of alkyl halides is 3. The maximum Gasteiger partial charge on any atom is 0.418 e. The Kier molecular flexibility index (Phi) is 4.88. The molecule has 6 heteroatoms. The van der Waals surface area contributed by atoms with Crippen LogP contribution in [0.25, 0.3) is 0 Å². The van der Waals surface area contributed by atoms with E-state index in [1.807, 2.05) is 19.9 Å². The molecule has 0 radical (unpaired) electrons. The minimum absolute atomic E-state index is 0.163. The molecule has 2 heterocycles. The molecule has 2 rings (SSSR count). The SMILES string of the molecule is CC/C=C1/C(C)CCCN1C(=O)c1ncccc1C(F)(F)F. The predicted octanol–water partition coefficient (Wildman–Crippen LogP) is 4.27. The van der Waals surface area contributed by atoms with Gasteiger partial charge < -0.3 is 4.90 Å². The summed E-state index contributed by atoms with van der Waals surface area (Å²) >= 11 is 0. The van der Waals surface area contributed by atoms with Crippen molar-refractivity contribution in [2.45, 2.75) is 39.3 Å². The Labute approximate surface area is 127 Å². The summed E-state index contributed by atoms with van der Waals surface area (Å²) in [6, 6.07) is 2.10. The minimum Gasteiger partial charge on any atom is -0.311 e. The number of hydrogen-bond donors (Lipinski definition) is 0. The molecule has 1 saturated heterocycles. The lowest BCUT2D eigenvalue weighted by Gasteiger charge is -2.34. The van der Waals surface area contributed by atoms with Gasteiger partial charge in [-0.25, -0.2) is 0 Å². The summed E-state index contributed by atoms with van der Waals surface area (Å²) in [7, 11) is 0. The molecule has 0 saturated carbocycles. The fraction of sp³-hybridized carbons (Fsp3) is 0.500. The van der Waals surface area contributed by atoms with Crippen LogP contribution in [-0.4, -0.2) is 22.3 Å². The molecule has 1 aliphatic rings. The van der Waals surface area contributed by atoms with Crippen molar-refractivity contribution < 1.29 is 18.0 Å². The molecule has 0 N–H and O–H groups in total. The zero-order chi connectivity index (χ0) is 16.3. The van der Waals surface area contributed by atoms with E-state index in [9.17, 15) is 18.0 Å². The quantitative estimate of drug-likeness (QED) is 0.817. The highest BCUT2D eigenvalue weighted by atomic mass is 19.4. The van der Waals surface area contributed by atoms with Gasteiger partial charge in [0.15, 0.2) is 0 Å². The van der Waals surface area contributed by atoms with Crippen molar-refractivity contribution in [3.63, 3.8) is 0 Å². The molecular weight excluding hydrogens is 293 g/mol. The standard InChI is InChI=1S/C16H19F3N2O/c1-3-6-13-11(2)7-5-10-21(13)15(22)14-12(16(17,18)19)8-4-9-20-14/h4,6,8-9,11H,3,5,7,10H2,1-2H3/b13-6-. The second-order valence-electron chi connectivity index (χ2n) is 5.43. The van der Waals surface area contributed by atoms with E-state index in [4.69, 9.17) is 0 Å². The molecule has 22 heavy (non-hydrogen) atoms. The van der Waals surface area contributed by atoms with Gasteiger partial charge in [0.2, 0.25) is 0 Å². The summed E-state index contributed by atoms with van der Waals surface area (Å²) in [5, 5.41) is 0. The van der Waals surface area contributed by atoms with Gasteiger partial charge in [0, 0.05) is 18.4 Å². The largest absolute Gasteiger partial charge is 0.418 e.